The average molecular weight is 394 g/mol. The van der Waals surface area contributed by atoms with Crippen LogP contribution in [0.2, 0.25) is 5.02 Å². The number of aromatic nitrogens is 2. The molecule has 0 radical (unpaired) electrons. The number of benzene rings is 1. The molecular formula is C19H24ClN3O2S. The van der Waals surface area contributed by atoms with Gasteiger partial charge in [-0.05, 0) is 31.0 Å². The Hall–Kier alpha value is -1.68. The van der Waals surface area contributed by atoms with Gasteiger partial charge in [0, 0.05) is 18.7 Å². The van der Waals surface area contributed by atoms with Gasteiger partial charge < -0.3 is 14.6 Å². The van der Waals surface area contributed by atoms with Gasteiger partial charge in [0.25, 0.3) is 0 Å². The fourth-order valence-corrected chi connectivity index (χ4v) is 3.70. The summed E-state index contributed by atoms with van der Waals surface area (Å²) in [7, 11) is 1.66. The number of carbonyl (C=O) groups is 1. The lowest BCUT2D eigenvalue weighted by Crippen LogP contribution is -2.47. The molecule has 1 aromatic heterocycles. The number of ether oxygens (including phenoxy) is 1. The van der Waals surface area contributed by atoms with Crippen LogP contribution in [0.4, 0.5) is 0 Å². The van der Waals surface area contributed by atoms with Crippen molar-refractivity contribution in [2.24, 2.45) is 0 Å². The summed E-state index contributed by atoms with van der Waals surface area (Å²) < 4.78 is 7.24. The van der Waals surface area contributed by atoms with E-state index >= 15 is 0 Å². The number of imidazole rings is 1. The number of fused-ring (bicyclic) bond motifs is 1. The predicted molar refractivity (Wildman–Crippen MR) is 108 cm³/mol. The molecule has 2 rings (SSSR count). The Morgan fingerprint density at radius 1 is 1.46 bits per heavy atom. The molecule has 26 heavy (non-hydrogen) atoms. The lowest BCUT2D eigenvalue weighted by Gasteiger charge is -2.26. The molecule has 5 nitrogen and oxygen atoms in total. The van der Waals surface area contributed by atoms with Crippen LogP contribution in [-0.4, -0.2) is 40.5 Å². The van der Waals surface area contributed by atoms with Crippen LogP contribution >= 0.6 is 23.4 Å². The third kappa shape index (κ3) is 4.73. The third-order valence-corrected chi connectivity index (χ3v) is 5.60. The molecule has 1 N–H and O–H groups in total. The first-order chi connectivity index (χ1) is 12.5. The third-order valence-electron chi connectivity index (χ3n) is 4.39. The summed E-state index contributed by atoms with van der Waals surface area (Å²) in [4.78, 5) is 17.0. The van der Waals surface area contributed by atoms with Crippen molar-refractivity contribution >= 4 is 40.3 Å². The summed E-state index contributed by atoms with van der Waals surface area (Å²) >= 11 is 7.45. The second-order valence-electron chi connectivity index (χ2n) is 5.94. The Kier molecular flexibility index (Phi) is 7.39. The minimum Gasteiger partial charge on any atom is -0.383 e. The zero-order valence-corrected chi connectivity index (χ0v) is 16.9. The highest BCUT2D eigenvalue weighted by Gasteiger charge is 2.25. The summed E-state index contributed by atoms with van der Waals surface area (Å²) in [6.07, 6.45) is 7.01. The van der Waals surface area contributed by atoms with E-state index in [1.54, 1.807) is 7.11 Å². The van der Waals surface area contributed by atoms with Gasteiger partial charge in [0.15, 0.2) is 5.16 Å². The van der Waals surface area contributed by atoms with E-state index in [1.165, 1.54) is 11.8 Å². The van der Waals surface area contributed by atoms with E-state index in [0.29, 0.717) is 31.0 Å². The molecule has 2 aromatic rings. The number of halogens is 1. The monoisotopic (exact) mass is 393 g/mol. The van der Waals surface area contributed by atoms with Gasteiger partial charge in [0.05, 0.1) is 23.4 Å². The zero-order chi connectivity index (χ0) is 19.2. The summed E-state index contributed by atoms with van der Waals surface area (Å²) in [5.74, 6) is 2.86. The number of methoxy groups -OCH3 is 1. The van der Waals surface area contributed by atoms with Crippen molar-refractivity contribution in [1.82, 2.24) is 14.9 Å². The van der Waals surface area contributed by atoms with E-state index in [1.807, 2.05) is 36.6 Å². The molecule has 0 atom stereocenters. The van der Waals surface area contributed by atoms with Crippen molar-refractivity contribution < 1.29 is 9.53 Å². The molecule has 0 aliphatic heterocycles. The maximum absolute atomic E-state index is 12.4. The highest BCUT2D eigenvalue weighted by molar-refractivity contribution is 7.99. The van der Waals surface area contributed by atoms with E-state index in [4.69, 9.17) is 22.8 Å². The number of hydrogen-bond acceptors (Lipinski definition) is 4. The number of amides is 1. The van der Waals surface area contributed by atoms with Gasteiger partial charge in [-0.25, -0.2) is 4.98 Å². The largest absolute Gasteiger partial charge is 0.383 e. The van der Waals surface area contributed by atoms with E-state index in [-0.39, 0.29) is 11.7 Å². The summed E-state index contributed by atoms with van der Waals surface area (Å²) in [5, 5.41) is 4.37. The molecule has 1 heterocycles. The second kappa shape index (κ2) is 9.31. The van der Waals surface area contributed by atoms with Gasteiger partial charge in [0.2, 0.25) is 5.91 Å². The van der Waals surface area contributed by atoms with E-state index < -0.39 is 5.54 Å². The van der Waals surface area contributed by atoms with Crippen LogP contribution in [0.25, 0.3) is 11.0 Å². The predicted octanol–water partition coefficient (Wildman–Crippen LogP) is 3.74. The van der Waals surface area contributed by atoms with E-state index in [0.717, 1.165) is 16.2 Å². The second-order valence-corrected chi connectivity index (χ2v) is 7.32. The number of nitrogens with one attached hydrogen (secondary N) is 1. The fraction of sp³-hybridized carbons (Fsp3) is 0.474. The highest BCUT2D eigenvalue weighted by atomic mass is 35.5. The van der Waals surface area contributed by atoms with Crippen LogP contribution < -0.4 is 5.32 Å². The zero-order valence-electron chi connectivity index (χ0n) is 15.3. The Morgan fingerprint density at radius 3 is 2.81 bits per heavy atom. The first-order valence-corrected chi connectivity index (χ1v) is 9.91. The first-order valence-electron chi connectivity index (χ1n) is 8.55. The molecule has 0 aliphatic carbocycles. The smallest absolute Gasteiger partial charge is 0.231 e. The van der Waals surface area contributed by atoms with Gasteiger partial charge in [0.1, 0.15) is 5.54 Å². The van der Waals surface area contributed by atoms with Gasteiger partial charge in [-0.15, -0.1) is 6.42 Å². The minimum atomic E-state index is -0.582. The molecule has 1 amide bonds. The molecule has 0 aliphatic rings. The maximum atomic E-state index is 12.4. The summed E-state index contributed by atoms with van der Waals surface area (Å²) in [5.41, 5.74) is 1.19. The topological polar surface area (TPSA) is 56.2 Å². The van der Waals surface area contributed by atoms with Crippen LogP contribution in [-0.2, 0) is 16.1 Å². The fourth-order valence-electron chi connectivity index (χ4n) is 2.69. The standard InChI is InChI=1S/C19H24ClN3O2S/c1-5-19(6-2,7-3)22-17(24)13-26-18-21-15-12-14(20)8-9-16(15)23(18)10-11-25-4/h1,8-9,12H,6-7,10-11,13H2,2-4H3,(H,22,24). The van der Waals surface area contributed by atoms with Crippen LogP contribution in [0.3, 0.4) is 0 Å². The molecule has 0 fully saturated rings. The van der Waals surface area contributed by atoms with E-state index in [9.17, 15) is 4.79 Å². The Balaban J connectivity index is 2.17. The number of thioether (sulfide) groups is 1. The van der Waals surface area contributed by atoms with Crippen LogP contribution in [0.5, 0.6) is 0 Å². The lowest BCUT2D eigenvalue weighted by atomic mass is 9.94. The van der Waals surface area contributed by atoms with Crippen molar-refractivity contribution in [3.05, 3.63) is 23.2 Å². The van der Waals surface area contributed by atoms with Crippen molar-refractivity contribution in [3.63, 3.8) is 0 Å². The van der Waals surface area contributed by atoms with Gasteiger partial charge in [-0.3, -0.25) is 4.79 Å². The van der Waals surface area contributed by atoms with Gasteiger partial charge >= 0.3 is 0 Å². The minimum absolute atomic E-state index is 0.0972. The molecule has 140 valence electrons. The normalized spacial score (nSPS) is 11.5. The Labute approximate surface area is 163 Å². The quantitative estimate of drug-likeness (QED) is 0.521. The number of rotatable bonds is 9. The molecular weight excluding hydrogens is 370 g/mol. The Bertz CT molecular complexity index is 809. The van der Waals surface area contributed by atoms with Crippen LogP contribution in [0.1, 0.15) is 26.7 Å². The number of hydrogen-bond donors (Lipinski definition) is 1. The van der Waals surface area contributed by atoms with Gasteiger partial charge in [-0.2, -0.15) is 0 Å². The Morgan fingerprint density at radius 2 is 2.19 bits per heavy atom. The molecule has 1 aromatic carbocycles. The first kappa shape index (κ1) is 20.6. The molecule has 0 saturated heterocycles. The van der Waals surface area contributed by atoms with Crippen LogP contribution in [0.15, 0.2) is 23.4 Å². The SMILES string of the molecule is C#CC(CC)(CC)NC(=O)CSc1nc2cc(Cl)ccc2n1CCOC. The molecule has 7 heteroatoms. The van der Waals surface area contributed by atoms with E-state index in [2.05, 4.69) is 16.2 Å². The molecule has 0 unspecified atom stereocenters. The lowest BCUT2D eigenvalue weighted by molar-refractivity contribution is -0.119. The highest BCUT2D eigenvalue weighted by Crippen LogP contribution is 2.26. The number of nitrogens with zero attached hydrogens (tertiary/aromatic N) is 2. The summed E-state index contributed by atoms with van der Waals surface area (Å²) in [6.45, 7) is 5.16. The average Bonchev–Trinajstić information content (AvgIpc) is 2.99. The molecule has 0 bridgehead atoms. The van der Waals surface area contributed by atoms with Gasteiger partial charge in [-0.1, -0.05) is 43.1 Å². The van der Waals surface area contributed by atoms with Crippen molar-refractivity contribution in [3.8, 4) is 12.3 Å². The van der Waals surface area contributed by atoms with Crippen molar-refractivity contribution in [1.29, 1.82) is 0 Å². The number of carbonyl (C=O) groups excluding carboxylic acids is 1. The number of terminal acetylenes is 1. The van der Waals surface area contributed by atoms with Crippen molar-refractivity contribution in [2.75, 3.05) is 19.5 Å². The van der Waals surface area contributed by atoms with Crippen molar-refractivity contribution in [2.45, 2.75) is 43.9 Å². The molecule has 0 saturated carbocycles. The summed E-state index contributed by atoms with van der Waals surface area (Å²) in [6, 6.07) is 5.59. The molecule has 0 spiro atoms. The maximum Gasteiger partial charge on any atom is 0.231 e. The van der Waals surface area contributed by atoms with Crippen LogP contribution in [0, 0.1) is 12.3 Å².